The van der Waals surface area contributed by atoms with Crippen LogP contribution in [0.25, 0.3) is 32.7 Å². The Kier molecular flexibility index (Phi) is 27.6. The van der Waals surface area contributed by atoms with E-state index in [2.05, 4.69) is 114 Å². The summed E-state index contributed by atoms with van der Waals surface area (Å²) < 4.78 is 67.3. The smallest absolute Gasteiger partial charge is 0.162 e. The van der Waals surface area contributed by atoms with Crippen LogP contribution in [0.3, 0.4) is 0 Å². The van der Waals surface area contributed by atoms with Gasteiger partial charge < -0.3 is 44.7 Å². The van der Waals surface area contributed by atoms with E-state index in [1.54, 1.807) is 44.6 Å². The van der Waals surface area contributed by atoms with Crippen molar-refractivity contribution in [2.45, 2.75) is 46.5 Å². The second-order valence-electron chi connectivity index (χ2n) is 16.7. The number of halogens is 9. The Morgan fingerprint density at radius 1 is 0.457 bits per heavy atom. The summed E-state index contributed by atoms with van der Waals surface area (Å²) in [4.78, 5) is 25.4. The lowest BCUT2D eigenvalue weighted by Crippen LogP contribution is -2.01. The molecule has 3 heterocycles. The van der Waals surface area contributed by atoms with E-state index in [0.717, 1.165) is 40.7 Å². The molecule has 24 heteroatoms. The van der Waals surface area contributed by atoms with E-state index in [4.69, 9.17) is 58.5 Å². The molecule has 0 unspecified atom stereocenters. The third-order valence-corrected chi connectivity index (χ3v) is 13.8. The van der Waals surface area contributed by atoms with E-state index < -0.39 is 17.5 Å². The first kappa shape index (κ1) is 65.5. The molecule has 0 aliphatic rings. The number of rotatable bonds is 18. The molecule has 0 fully saturated rings. The second kappa shape index (κ2) is 34.2. The minimum absolute atomic E-state index is 0.00729. The normalized spacial score (nSPS) is 10.4. The lowest BCUT2D eigenvalue weighted by Gasteiger charge is -2.14. The van der Waals surface area contributed by atoms with Gasteiger partial charge in [0, 0.05) is 67.4 Å². The minimum atomic E-state index is -0.498. The maximum absolute atomic E-state index is 13.4. The van der Waals surface area contributed by atoms with Crippen LogP contribution in [-0.4, -0.2) is 85.5 Å². The van der Waals surface area contributed by atoms with Crippen molar-refractivity contribution in [2.24, 2.45) is 0 Å². The summed E-state index contributed by atoms with van der Waals surface area (Å²) in [6.07, 6.45) is 8.73. The average molecular weight is 1370 g/mol. The quantitative estimate of drug-likeness (QED) is 0.0470. The number of phenolic OH excluding ortho intramolecular Hbond substituents is 1. The number of aromatic nitrogens is 6. The van der Waals surface area contributed by atoms with Crippen LogP contribution in [0.2, 0.25) is 15.1 Å². The molecule has 9 aromatic rings. The topological polar surface area (TPSA) is 180 Å². The van der Waals surface area contributed by atoms with Crippen molar-refractivity contribution in [3.63, 3.8) is 0 Å². The van der Waals surface area contributed by atoms with Crippen LogP contribution < -0.4 is 39.6 Å². The predicted octanol–water partition coefficient (Wildman–Crippen LogP) is 17.8. The van der Waals surface area contributed by atoms with Crippen LogP contribution >= 0.6 is 82.6 Å². The van der Waals surface area contributed by atoms with Crippen molar-refractivity contribution in [1.29, 1.82) is 0 Å². The van der Waals surface area contributed by atoms with Gasteiger partial charge in [-0.2, -0.15) is 0 Å². The second-order valence-corrected chi connectivity index (χ2v) is 20.3. The highest BCUT2D eigenvalue weighted by molar-refractivity contribution is 9.12. The van der Waals surface area contributed by atoms with Crippen molar-refractivity contribution in [3.8, 4) is 34.5 Å². The number of benzene rings is 6. The van der Waals surface area contributed by atoms with Crippen molar-refractivity contribution >= 4 is 150 Å². The van der Waals surface area contributed by atoms with E-state index in [1.165, 1.54) is 75.0 Å². The Morgan fingerprint density at radius 3 is 1.15 bits per heavy atom. The summed E-state index contributed by atoms with van der Waals surface area (Å²) in [5.41, 5.74) is 3.81. The molecule has 4 N–H and O–H groups in total. The fourth-order valence-corrected chi connectivity index (χ4v) is 7.73. The molecule has 0 radical (unpaired) electrons. The van der Waals surface area contributed by atoms with Crippen LogP contribution in [0.4, 0.5) is 47.7 Å². The monoisotopic (exact) mass is 1360 g/mol. The van der Waals surface area contributed by atoms with Crippen LogP contribution in [0.5, 0.6) is 34.5 Å². The number of fused-ring (bicyclic) bond motifs is 3. The SMILES string of the molecule is BrCCBr.CCC.CCCCCOc1cc2c(Nc3ccc(F)c(Cl)c3)ncnc2cc1OC.COc1cc2ncnc(Nc3ccc(F)c(Cl)c3)c2cc1O.COc1cc2ncnc(Nc3ccc(F)c(Cl)c3)c2cc1OCCBr. The number of ether oxygens (including phenoxy) is 5. The minimum Gasteiger partial charge on any atom is -0.504 e. The third-order valence-electron chi connectivity index (χ3n) is 10.7. The molecule has 0 saturated carbocycles. The van der Waals surface area contributed by atoms with Crippen molar-refractivity contribution < 1.29 is 42.0 Å². The van der Waals surface area contributed by atoms with E-state index in [9.17, 15) is 18.3 Å². The molecule has 0 spiro atoms. The number of anilines is 6. The van der Waals surface area contributed by atoms with Gasteiger partial charge in [-0.05, 0) is 79.2 Å². The number of hydrogen-bond donors (Lipinski definition) is 4. The largest absolute Gasteiger partial charge is 0.504 e. The zero-order valence-corrected chi connectivity index (χ0v) is 51.9. The highest BCUT2D eigenvalue weighted by Gasteiger charge is 2.16. The summed E-state index contributed by atoms with van der Waals surface area (Å²) >= 11 is 27.2. The molecule has 0 saturated heterocycles. The lowest BCUT2D eigenvalue weighted by atomic mass is 10.2. The van der Waals surface area contributed by atoms with Gasteiger partial charge in [-0.3, -0.25) is 0 Å². The molecular weight excluding hydrogens is 1310 g/mol. The Bertz CT molecular complexity index is 3480. The zero-order valence-electron chi connectivity index (χ0n) is 44.8. The van der Waals surface area contributed by atoms with Gasteiger partial charge in [-0.1, -0.05) is 123 Å². The number of hydrogen-bond acceptors (Lipinski definition) is 15. The molecule has 0 atom stereocenters. The molecule has 0 amide bonds. The summed E-state index contributed by atoms with van der Waals surface area (Å²) in [7, 11) is 4.63. The zero-order chi connectivity index (χ0) is 58.8. The molecule has 430 valence electrons. The number of unbranched alkanes of at least 4 members (excludes halogenated alkanes) is 2. The highest BCUT2D eigenvalue weighted by atomic mass is 79.9. The first-order valence-electron chi connectivity index (χ1n) is 24.9. The molecule has 0 bridgehead atoms. The molecule has 9 rings (SSSR count). The van der Waals surface area contributed by atoms with Gasteiger partial charge in [0.1, 0.15) is 53.9 Å². The van der Waals surface area contributed by atoms with E-state index in [0.29, 0.717) is 104 Å². The summed E-state index contributed by atoms with van der Waals surface area (Å²) in [5.74, 6) is 2.87. The van der Waals surface area contributed by atoms with Gasteiger partial charge in [0.15, 0.2) is 34.5 Å². The Hall–Kier alpha value is -6.36. The van der Waals surface area contributed by atoms with E-state index in [1.807, 2.05) is 18.2 Å². The lowest BCUT2D eigenvalue weighted by molar-refractivity contribution is 0.286. The first-order valence-corrected chi connectivity index (χ1v) is 29.4. The van der Waals surface area contributed by atoms with Gasteiger partial charge in [0.05, 0.1) is 66.2 Å². The molecule has 0 aliphatic carbocycles. The van der Waals surface area contributed by atoms with Crippen LogP contribution in [0.15, 0.2) is 110 Å². The molecule has 6 aromatic carbocycles. The number of nitrogens with one attached hydrogen (secondary N) is 3. The van der Waals surface area contributed by atoms with Crippen molar-refractivity contribution in [1.82, 2.24) is 29.9 Å². The van der Waals surface area contributed by atoms with Crippen LogP contribution in [-0.2, 0) is 0 Å². The predicted molar refractivity (Wildman–Crippen MR) is 332 cm³/mol. The van der Waals surface area contributed by atoms with Gasteiger partial charge in [0.2, 0.25) is 0 Å². The van der Waals surface area contributed by atoms with Gasteiger partial charge >= 0.3 is 0 Å². The number of phenols is 1. The number of alkyl halides is 3. The molecule has 15 nitrogen and oxygen atoms in total. The molecule has 3 aromatic heterocycles. The molecule has 0 aliphatic heterocycles. The fraction of sp³-hybridized carbons (Fsp3) is 0.263. The maximum Gasteiger partial charge on any atom is 0.162 e. The number of methoxy groups -OCH3 is 3. The van der Waals surface area contributed by atoms with Crippen LogP contribution in [0, 0.1) is 17.5 Å². The van der Waals surface area contributed by atoms with Gasteiger partial charge in [-0.15, -0.1) is 0 Å². The third kappa shape index (κ3) is 19.4. The number of nitrogens with zero attached hydrogens (tertiary/aromatic N) is 6. The highest BCUT2D eigenvalue weighted by Crippen LogP contribution is 2.38. The van der Waals surface area contributed by atoms with Gasteiger partial charge in [-0.25, -0.2) is 43.1 Å². The summed E-state index contributed by atoms with van der Waals surface area (Å²) in [6, 6.07) is 23.4. The van der Waals surface area contributed by atoms with E-state index in [-0.39, 0.29) is 20.8 Å². The average Bonchev–Trinajstić information content (AvgIpc) is 3.47. The van der Waals surface area contributed by atoms with Gasteiger partial charge in [0.25, 0.3) is 0 Å². The van der Waals surface area contributed by atoms with Crippen molar-refractivity contribution in [3.05, 3.63) is 142 Å². The Morgan fingerprint density at radius 2 is 0.815 bits per heavy atom. The molecular formula is C57H58Br3Cl3F3N9O6. The van der Waals surface area contributed by atoms with Crippen molar-refractivity contribution in [2.75, 3.05) is 66.5 Å². The Labute approximate surface area is 508 Å². The number of aromatic hydroxyl groups is 1. The van der Waals surface area contributed by atoms with E-state index >= 15 is 0 Å². The summed E-state index contributed by atoms with van der Waals surface area (Å²) in [6.45, 7) is 7.50. The maximum atomic E-state index is 13.4. The standard InChI is InChI=1S/C20H21ClFN3O2.C17H14BrClFN3O2.C15H11ClFN3O2.C3H8.C2H4Br2/c1-3-4-5-8-27-19-10-14-17(11-18(19)26-2)23-12-24-20(14)25-13-6-7-16(22)15(21)9-13;1-24-15-8-14-11(7-16(15)25-5-4-18)17(22-9-21-14)23-10-2-3-13(20)12(19)6-10;1-22-14-6-12-9(5-13(14)21)15(19-7-18-12)20-8-2-3-11(17)10(16)4-8;1-3-2;3-1-2-4/h6-7,9-12H,3-5,8H2,1-2H3,(H,23,24,25);2-3,6-9H,4-5H2,1H3,(H,21,22,23);2-7,21H,1H3,(H,18,19,20);3H2,1-2H3;1-2H2. The Balaban J connectivity index is 0.000000211. The summed E-state index contributed by atoms with van der Waals surface area (Å²) in [5, 5.41) is 24.2. The molecule has 81 heavy (non-hydrogen) atoms. The first-order chi connectivity index (χ1) is 39.1. The van der Waals surface area contributed by atoms with Crippen LogP contribution in [0.1, 0.15) is 46.5 Å². The fourth-order valence-electron chi connectivity index (χ4n) is 7.02.